The molecule has 0 spiro atoms. The van der Waals surface area contributed by atoms with Crippen molar-refractivity contribution in [3.8, 4) is 5.75 Å². The zero-order valence-electron chi connectivity index (χ0n) is 11.9. The number of aryl methyl sites for hydroxylation is 2. The van der Waals surface area contributed by atoms with Crippen LogP contribution in [0.1, 0.15) is 41.8 Å². The van der Waals surface area contributed by atoms with Crippen LogP contribution in [-0.2, 0) is 9.53 Å². The lowest BCUT2D eigenvalue weighted by atomic mass is 10.1. The summed E-state index contributed by atoms with van der Waals surface area (Å²) in [5.74, 6) is 0.286. The molecule has 0 saturated carbocycles. The Hall–Kier alpha value is -1.84. The predicted molar refractivity (Wildman–Crippen MR) is 72.6 cm³/mol. The van der Waals surface area contributed by atoms with Crippen molar-refractivity contribution in [2.45, 2.75) is 40.2 Å². The molecule has 0 fully saturated rings. The first-order valence-corrected chi connectivity index (χ1v) is 6.43. The Morgan fingerprint density at radius 1 is 1.26 bits per heavy atom. The first-order valence-electron chi connectivity index (χ1n) is 6.43. The molecule has 104 valence electrons. The van der Waals surface area contributed by atoms with Crippen LogP contribution in [0.3, 0.4) is 0 Å². The molecule has 0 radical (unpaired) electrons. The van der Waals surface area contributed by atoms with Gasteiger partial charge in [-0.1, -0.05) is 6.92 Å². The molecule has 0 aliphatic rings. The highest BCUT2D eigenvalue weighted by Gasteiger charge is 2.21. The fourth-order valence-corrected chi connectivity index (χ4v) is 1.91. The highest BCUT2D eigenvalue weighted by atomic mass is 16.6. The summed E-state index contributed by atoms with van der Waals surface area (Å²) in [5, 5.41) is 0. The van der Waals surface area contributed by atoms with Gasteiger partial charge in [0.1, 0.15) is 12.0 Å². The van der Waals surface area contributed by atoms with Gasteiger partial charge in [0, 0.05) is 5.56 Å². The number of aldehydes is 1. The van der Waals surface area contributed by atoms with Crippen molar-refractivity contribution in [1.82, 2.24) is 0 Å². The Kier molecular flexibility index (Phi) is 5.55. The highest BCUT2D eigenvalue weighted by molar-refractivity contribution is 5.77. The summed E-state index contributed by atoms with van der Waals surface area (Å²) < 4.78 is 10.7. The van der Waals surface area contributed by atoms with Crippen molar-refractivity contribution in [2.24, 2.45) is 0 Å². The molecule has 1 aromatic carbocycles. The second-order valence-corrected chi connectivity index (χ2v) is 4.37. The van der Waals surface area contributed by atoms with E-state index in [4.69, 9.17) is 9.47 Å². The van der Waals surface area contributed by atoms with Crippen LogP contribution in [0.15, 0.2) is 12.1 Å². The maximum Gasteiger partial charge on any atom is 0.347 e. The second-order valence-electron chi connectivity index (χ2n) is 4.37. The van der Waals surface area contributed by atoms with Crippen LogP contribution in [0.4, 0.5) is 0 Å². The lowest BCUT2D eigenvalue weighted by Gasteiger charge is -2.19. The maximum atomic E-state index is 11.7. The number of rotatable bonds is 6. The Bertz CT molecular complexity index is 442. The molecule has 0 aliphatic heterocycles. The number of ether oxygens (including phenoxy) is 2. The quantitative estimate of drug-likeness (QED) is 0.585. The number of carbonyl (C=O) groups excluding carboxylic acids is 2. The third-order valence-electron chi connectivity index (χ3n) is 2.80. The van der Waals surface area contributed by atoms with Crippen molar-refractivity contribution >= 4 is 12.3 Å². The third kappa shape index (κ3) is 3.81. The normalized spacial score (nSPS) is 11.8. The second kappa shape index (κ2) is 6.92. The van der Waals surface area contributed by atoms with E-state index in [1.807, 2.05) is 20.8 Å². The van der Waals surface area contributed by atoms with E-state index in [9.17, 15) is 9.59 Å². The maximum absolute atomic E-state index is 11.7. The first-order chi connectivity index (χ1) is 9.03. The van der Waals surface area contributed by atoms with Crippen LogP contribution in [-0.4, -0.2) is 25.0 Å². The van der Waals surface area contributed by atoms with Crippen LogP contribution >= 0.6 is 0 Å². The van der Waals surface area contributed by atoms with E-state index in [1.54, 1.807) is 19.1 Å². The molecule has 0 saturated heterocycles. The summed E-state index contributed by atoms with van der Waals surface area (Å²) in [7, 11) is 0. The number of esters is 1. The standard InChI is InChI=1S/C15H20O4/c1-5-13(15(17)18-6-2)19-14-10(3)7-12(9-16)8-11(14)4/h7-9,13H,5-6H2,1-4H3. The molecule has 1 atom stereocenters. The van der Waals surface area contributed by atoms with Crippen molar-refractivity contribution in [2.75, 3.05) is 6.61 Å². The summed E-state index contributed by atoms with van der Waals surface area (Å²) in [6.45, 7) is 7.67. The van der Waals surface area contributed by atoms with E-state index in [2.05, 4.69) is 0 Å². The third-order valence-corrected chi connectivity index (χ3v) is 2.80. The van der Waals surface area contributed by atoms with Crippen molar-refractivity contribution < 1.29 is 19.1 Å². The molecule has 0 amide bonds. The van der Waals surface area contributed by atoms with E-state index in [0.717, 1.165) is 17.4 Å². The molecule has 1 unspecified atom stereocenters. The van der Waals surface area contributed by atoms with Crippen LogP contribution < -0.4 is 4.74 Å². The topological polar surface area (TPSA) is 52.6 Å². The first kappa shape index (κ1) is 15.2. The van der Waals surface area contributed by atoms with Gasteiger partial charge in [0.25, 0.3) is 0 Å². The summed E-state index contributed by atoms with van der Waals surface area (Å²) in [5.41, 5.74) is 2.28. The molecule has 4 heteroatoms. The monoisotopic (exact) mass is 264 g/mol. The fraction of sp³-hybridized carbons (Fsp3) is 0.467. The van der Waals surface area contributed by atoms with E-state index < -0.39 is 6.10 Å². The molecule has 1 rings (SSSR count). The summed E-state index contributed by atoms with van der Waals surface area (Å²) in [6, 6.07) is 3.49. The SMILES string of the molecule is CCOC(=O)C(CC)Oc1c(C)cc(C=O)cc1C. The van der Waals surface area contributed by atoms with Gasteiger partial charge in [-0.15, -0.1) is 0 Å². The van der Waals surface area contributed by atoms with Gasteiger partial charge in [-0.2, -0.15) is 0 Å². The highest BCUT2D eigenvalue weighted by Crippen LogP contribution is 2.26. The molecule has 0 aromatic heterocycles. The van der Waals surface area contributed by atoms with Gasteiger partial charge < -0.3 is 9.47 Å². The van der Waals surface area contributed by atoms with Gasteiger partial charge in [0.15, 0.2) is 6.10 Å². The van der Waals surface area contributed by atoms with Crippen molar-refractivity contribution in [3.05, 3.63) is 28.8 Å². The van der Waals surface area contributed by atoms with E-state index in [1.165, 1.54) is 0 Å². The van der Waals surface area contributed by atoms with Crippen molar-refractivity contribution in [3.63, 3.8) is 0 Å². The minimum atomic E-state index is -0.612. The molecular weight excluding hydrogens is 244 g/mol. The minimum absolute atomic E-state index is 0.334. The van der Waals surface area contributed by atoms with Crippen LogP contribution in [0, 0.1) is 13.8 Å². The van der Waals surface area contributed by atoms with E-state index in [0.29, 0.717) is 24.3 Å². The largest absolute Gasteiger partial charge is 0.478 e. The van der Waals surface area contributed by atoms with Crippen LogP contribution in [0.25, 0.3) is 0 Å². The lowest BCUT2D eigenvalue weighted by Crippen LogP contribution is -2.29. The van der Waals surface area contributed by atoms with Gasteiger partial charge in [-0.25, -0.2) is 4.79 Å². The average molecular weight is 264 g/mol. The Morgan fingerprint density at radius 3 is 2.26 bits per heavy atom. The average Bonchev–Trinajstić information content (AvgIpc) is 2.38. The molecule has 0 heterocycles. The van der Waals surface area contributed by atoms with E-state index in [-0.39, 0.29) is 5.97 Å². The molecule has 0 N–H and O–H groups in total. The molecule has 4 nitrogen and oxygen atoms in total. The summed E-state index contributed by atoms with van der Waals surface area (Å²) in [6.07, 6.45) is 0.721. The van der Waals surface area contributed by atoms with Gasteiger partial charge >= 0.3 is 5.97 Å². The van der Waals surface area contributed by atoms with Gasteiger partial charge in [0.2, 0.25) is 0 Å². The van der Waals surface area contributed by atoms with Crippen LogP contribution in [0.5, 0.6) is 5.75 Å². The zero-order valence-corrected chi connectivity index (χ0v) is 11.9. The van der Waals surface area contributed by atoms with Crippen molar-refractivity contribution in [1.29, 1.82) is 0 Å². The van der Waals surface area contributed by atoms with Gasteiger partial charge in [0.05, 0.1) is 6.61 Å². The Balaban J connectivity index is 2.97. The lowest BCUT2D eigenvalue weighted by molar-refractivity contribution is -0.151. The number of carbonyl (C=O) groups is 2. The minimum Gasteiger partial charge on any atom is -0.478 e. The number of benzene rings is 1. The summed E-state index contributed by atoms with van der Waals surface area (Å²) >= 11 is 0. The van der Waals surface area contributed by atoms with Gasteiger partial charge in [-0.3, -0.25) is 4.79 Å². The Labute approximate surface area is 113 Å². The van der Waals surface area contributed by atoms with Gasteiger partial charge in [-0.05, 0) is 50.5 Å². The molecule has 0 bridgehead atoms. The molecule has 1 aromatic rings. The smallest absolute Gasteiger partial charge is 0.347 e. The zero-order chi connectivity index (χ0) is 14.4. The van der Waals surface area contributed by atoms with Crippen LogP contribution in [0.2, 0.25) is 0 Å². The fourth-order valence-electron chi connectivity index (χ4n) is 1.91. The molecule has 0 aliphatic carbocycles. The number of hydrogen-bond donors (Lipinski definition) is 0. The Morgan fingerprint density at radius 2 is 1.84 bits per heavy atom. The molecule has 19 heavy (non-hydrogen) atoms. The van der Waals surface area contributed by atoms with E-state index >= 15 is 0 Å². The summed E-state index contributed by atoms with van der Waals surface area (Å²) in [4.78, 5) is 22.5. The predicted octanol–water partition coefficient (Wildman–Crippen LogP) is 2.84. The molecular formula is C15H20O4. The number of hydrogen-bond acceptors (Lipinski definition) is 4.